The number of H-pyrrole nitrogens is 1. The third-order valence-corrected chi connectivity index (χ3v) is 6.17. The summed E-state index contributed by atoms with van der Waals surface area (Å²) in [5.41, 5.74) is 0.802. The van der Waals surface area contributed by atoms with Gasteiger partial charge in [-0.15, -0.1) is 0 Å². The van der Waals surface area contributed by atoms with Crippen molar-refractivity contribution in [3.05, 3.63) is 40.8 Å². The second-order valence-electron chi connectivity index (χ2n) is 7.23. The zero-order valence-electron chi connectivity index (χ0n) is 16.5. The average molecular weight is 424 g/mol. The van der Waals surface area contributed by atoms with Gasteiger partial charge in [0.25, 0.3) is 5.56 Å². The second-order valence-corrected chi connectivity index (χ2v) is 8.61. The van der Waals surface area contributed by atoms with Crippen LogP contribution < -0.4 is 15.8 Å². The number of nitrogens with one attached hydrogen (secondary N) is 2. The Hall–Kier alpha value is -3.32. The maximum absolute atomic E-state index is 12.4. The minimum absolute atomic E-state index is 0.330. The molecule has 1 aliphatic heterocycles. The SMILES string of the molecule is CS(=O)c1ccc(Nc2nc(N3CCC(CC#N)CC3)nc3cn[nH]c(=O)c23)cc1. The Labute approximate surface area is 175 Å². The van der Waals surface area contributed by atoms with Crippen LogP contribution in [0.15, 0.2) is 40.2 Å². The van der Waals surface area contributed by atoms with E-state index in [2.05, 4.69) is 36.5 Å². The standard InChI is InChI=1S/C20H21N7O2S/c1-30(29)15-4-2-14(3-5-15)23-18-17-16(12-22-26-19(17)28)24-20(25-18)27-10-7-13(6-9-21)8-11-27/h2-5,12-13H,6-8,10-11H2,1H3,(H,26,28)(H,23,24,25). The number of nitriles is 1. The van der Waals surface area contributed by atoms with E-state index in [0.29, 0.717) is 35.0 Å². The van der Waals surface area contributed by atoms with E-state index in [-0.39, 0.29) is 5.56 Å². The Kier molecular flexibility index (Phi) is 5.72. The van der Waals surface area contributed by atoms with E-state index in [0.717, 1.165) is 36.5 Å². The van der Waals surface area contributed by atoms with Crippen LogP contribution in [0.2, 0.25) is 0 Å². The molecule has 1 saturated heterocycles. The van der Waals surface area contributed by atoms with E-state index in [1.807, 2.05) is 0 Å². The number of aromatic nitrogens is 4. The molecule has 30 heavy (non-hydrogen) atoms. The highest BCUT2D eigenvalue weighted by Gasteiger charge is 2.22. The first-order valence-electron chi connectivity index (χ1n) is 9.63. The van der Waals surface area contributed by atoms with Gasteiger partial charge in [0.15, 0.2) is 0 Å². The van der Waals surface area contributed by atoms with Crippen LogP contribution in [-0.4, -0.2) is 43.7 Å². The molecule has 3 heterocycles. The number of aromatic amines is 1. The number of hydrogen-bond acceptors (Lipinski definition) is 8. The predicted octanol–water partition coefficient (Wildman–Crippen LogP) is 2.32. The lowest BCUT2D eigenvalue weighted by atomic mass is 9.94. The third-order valence-electron chi connectivity index (χ3n) is 5.23. The number of nitrogens with zero attached hydrogens (tertiary/aromatic N) is 5. The normalized spacial score (nSPS) is 15.7. The van der Waals surface area contributed by atoms with Gasteiger partial charge in [0.05, 0.1) is 12.3 Å². The molecule has 0 bridgehead atoms. The summed E-state index contributed by atoms with van der Waals surface area (Å²) < 4.78 is 11.6. The topological polar surface area (TPSA) is 128 Å². The van der Waals surface area contributed by atoms with Crippen molar-refractivity contribution in [1.82, 2.24) is 20.2 Å². The molecule has 3 aromatic rings. The van der Waals surface area contributed by atoms with Crippen LogP contribution in [0.1, 0.15) is 19.3 Å². The lowest BCUT2D eigenvalue weighted by molar-refractivity contribution is 0.409. The second kappa shape index (κ2) is 8.59. The van der Waals surface area contributed by atoms with Crippen LogP contribution in [0.5, 0.6) is 0 Å². The van der Waals surface area contributed by atoms with Crippen LogP contribution in [-0.2, 0) is 10.8 Å². The number of rotatable bonds is 5. The Morgan fingerprint density at radius 3 is 2.67 bits per heavy atom. The van der Waals surface area contributed by atoms with Crippen LogP contribution in [0.4, 0.5) is 17.5 Å². The van der Waals surface area contributed by atoms with Crippen LogP contribution in [0.25, 0.3) is 10.9 Å². The summed E-state index contributed by atoms with van der Waals surface area (Å²) >= 11 is 0. The molecule has 4 rings (SSSR count). The first-order chi connectivity index (χ1) is 14.5. The maximum atomic E-state index is 12.4. The van der Waals surface area contributed by atoms with E-state index < -0.39 is 10.8 Å². The molecule has 0 amide bonds. The zero-order chi connectivity index (χ0) is 21.1. The van der Waals surface area contributed by atoms with Gasteiger partial charge >= 0.3 is 0 Å². The van der Waals surface area contributed by atoms with Crippen molar-refractivity contribution >= 4 is 39.2 Å². The van der Waals surface area contributed by atoms with Gasteiger partial charge in [0, 0.05) is 47.1 Å². The zero-order valence-corrected chi connectivity index (χ0v) is 17.3. The molecule has 0 radical (unpaired) electrons. The van der Waals surface area contributed by atoms with Crippen molar-refractivity contribution in [3.8, 4) is 6.07 Å². The quantitative estimate of drug-likeness (QED) is 0.640. The summed E-state index contributed by atoms with van der Waals surface area (Å²) in [7, 11) is -1.06. The number of fused-ring (bicyclic) bond motifs is 1. The predicted molar refractivity (Wildman–Crippen MR) is 115 cm³/mol. The average Bonchev–Trinajstić information content (AvgIpc) is 2.75. The van der Waals surface area contributed by atoms with Crippen LogP contribution >= 0.6 is 0 Å². The van der Waals surface area contributed by atoms with E-state index >= 15 is 0 Å². The molecule has 0 aliphatic carbocycles. The minimum atomic E-state index is -1.06. The summed E-state index contributed by atoms with van der Waals surface area (Å²) in [6.45, 7) is 1.51. The number of piperidine rings is 1. The highest BCUT2D eigenvalue weighted by Crippen LogP contribution is 2.27. The largest absolute Gasteiger partial charge is 0.341 e. The first-order valence-corrected chi connectivity index (χ1v) is 11.2. The van der Waals surface area contributed by atoms with Gasteiger partial charge in [0.2, 0.25) is 5.95 Å². The molecule has 1 atom stereocenters. The Bertz CT molecular complexity index is 1180. The summed E-state index contributed by atoms with van der Waals surface area (Å²) in [5, 5.41) is 18.7. The van der Waals surface area contributed by atoms with E-state index in [1.165, 1.54) is 6.20 Å². The van der Waals surface area contributed by atoms with E-state index in [4.69, 9.17) is 5.26 Å². The van der Waals surface area contributed by atoms with Gasteiger partial charge in [0.1, 0.15) is 16.7 Å². The number of hydrogen-bond donors (Lipinski definition) is 2. The molecular weight excluding hydrogens is 402 g/mol. The Balaban J connectivity index is 1.68. The van der Waals surface area contributed by atoms with Gasteiger partial charge in [-0.2, -0.15) is 15.3 Å². The molecule has 2 N–H and O–H groups in total. The molecule has 1 aromatic carbocycles. The molecule has 9 nitrogen and oxygen atoms in total. The molecule has 0 spiro atoms. The molecule has 0 saturated carbocycles. The fourth-order valence-corrected chi connectivity index (χ4v) is 4.08. The van der Waals surface area contributed by atoms with E-state index in [9.17, 15) is 9.00 Å². The molecule has 10 heteroatoms. The van der Waals surface area contributed by atoms with Crippen molar-refractivity contribution in [1.29, 1.82) is 5.26 Å². The lowest BCUT2D eigenvalue weighted by Crippen LogP contribution is -2.35. The molecule has 1 unspecified atom stereocenters. The third kappa shape index (κ3) is 4.16. The Morgan fingerprint density at radius 1 is 1.27 bits per heavy atom. The highest BCUT2D eigenvalue weighted by molar-refractivity contribution is 7.84. The van der Waals surface area contributed by atoms with Crippen molar-refractivity contribution < 1.29 is 4.21 Å². The maximum Gasteiger partial charge on any atom is 0.277 e. The van der Waals surface area contributed by atoms with Gasteiger partial charge in [-0.05, 0) is 43.0 Å². The van der Waals surface area contributed by atoms with Crippen molar-refractivity contribution in [3.63, 3.8) is 0 Å². The van der Waals surface area contributed by atoms with Crippen molar-refractivity contribution in [2.75, 3.05) is 29.6 Å². The van der Waals surface area contributed by atoms with Crippen LogP contribution in [0, 0.1) is 17.2 Å². The molecule has 2 aromatic heterocycles. The molecule has 1 fully saturated rings. The van der Waals surface area contributed by atoms with E-state index in [1.54, 1.807) is 30.5 Å². The van der Waals surface area contributed by atoms with Crippen LogP contribution in [0.3, 0.4) is 0 Å². The molecular formula is C20H21N7O2S. The first kappa shape index (κ1) is 20.0. The molecule has 1 aliphatic rings. The highest BCUT2D eigenvalue weighted by atomic mass is 32.2. The van der Waals surface area contributed by atoms with Gasteiger partial charge < -0.3 is 10.2 Å². The summed E-state index contributed by atoms with van der Waals surface area (Å²) in [6.07, 6.45) is 5.51. The smallest absolute Gasteiger partial charge is 0.277 e. The summed E-state index contributed by atoms with van der Waals surface area (Å²) in [4.78, 5) is 24.4. The fraction of sp³-hybridized carbons (Fsp3) is 0.350. The van der Waals surface area contributed by atoms with Crippen molar-refractivity contribution in [2.45, 2.75) is 24.2 Å². The Morgan fingerprint density at radius 2 is 2.00 bits per heavy atom. The monoisotopic (exact) mass is 423 g/mol. The molecule has 154 valence electrons. The van der Waals surface area contributed by atoms with Gasteiger partial charge in [-0.25, -0.2) is 10.1 Å². The summed E-state index contributed by atoms with van der Waals surface area (Å²) in [5.74, 6) is 1.32. The lowest BCUT2D eigenvalue weighted by Gasteiger charge is -2.31. The number of benzene rings is 1. The van der Waals surface area contributed by atoms with Gasteiger partial charge in [-0.1, -0.05) is 0 Å². The van der Waals surface area contributed by atoms with Crippen molar-refractivity contribution in [2.24, 2.45) is 5.92 Å². The minimum Gasteiger partial charge on any atom is -0.341 e. The number of anilines is 3. The fourth-order valence-electron chi connectivity index (χ4n) is 3.56. The summed E-state index contributed by atoms with van der Waals surface area (Å²) in [6, 6.07) is 9.39. The van der Waals surface area contributed by atoms with Gasteiger partial charge in [-0.3, -0.25) is 9.00 Å².